The number of carbonyl (C=O) groups excluding carboxylic acids is 3. The molecule has 1 aromatic heterocycles. The number of alkyl halides is 2. The summed E-state index contributed by atoms with van der Waals surface area (Å²) < 4.78 is 55.9. The summed E-state index contributed by atoms with van der Waals surface area (Å²) >= 11 is 6.59. The van der Waals surface area contributed by atoms with Crippen LogP contribution in [0.5, 0.6) is 0 Å². The van der Waals surface area contributed by atoms with Crippen LogP contribution in [0.15, 0.2) is 60.8 Å². The average Bonchev–Trinajstić information content (AvgIpc) is 2.92. The Balaban J connectivity index is 1.75. The number of hydrogen-bond donors (Lipinski definition) is 2. The monoisotopic (exact) mass is 628 g/mol. The first-order valence-corrected chi connectivity index (χ1v) is 13.8. The van der Waals surface area contributed by atoms with Crippen molar-refractivity contribution < 1.29 is 31.9 Å². The summed E-state index contributed by atoms with van der Waals surface area (Å²) in [7, 11) is 1.52. The van der Waals surface area contributed by atoms with E-state index in [1.54, 1.807) is 12.1 Å². The van der Waals surface area contributed by atoms with Crippen molar-refractivity contribution >= 4 is 40.8 Å². The normalized spacial score (nSPS) is 20.8. The first-order valence-electron chi connectivity index (χ1n) is 13.4. The molecule has 228 valence electrons. The molecule has 1 saturated heterocycles. The second-order valence-corrected chi connectivity index (χ2v) is 11.3. The molecule has 1 aliphatic carbocycles. The topological polar surface area (TPSA) is 118 Å². The van der Waals surface area contributed by atoms with E-state index >= 15 is 0 Å². The zero-order valence-corrected chi connectivity index (χ0v) is 23.9. The Morgan fingerprint density at radius 2 is 1.80 bits per heavy atom. The van der Waals surface area contributed by atoms with Crippen LogP contribution in [0.1, 0.15) is 29.9 Å². The number of rotatable bonds is 7. The molecule has 14 heteroatoms. The van der Waals surface area contributed by atoms with Crippen molar-refractivity contribution in [3.63, 3.8) is 0 Å². The maximum Gasteiger partial charge on any atom is 0.253 e. The van der Waals surface area contributed by atoms with Crippen LogP contribution in [0.25, 0.3) is 0 Å². The Kier molecular flexibility index (Phi) is 8.33. The Hall–Kier alpha value is -4.54. The molecule has 2 aliphatic rings. The molecular weight excluding hydrogens is 604 g/mol. The zero-order chi connectivity index (χ0) is 31.8. The largest absolute Gasteiger partial charge is 0.352 e. The number of piperazine rings is 1. The van der Waals surface area contributed by atoms with Gasteiger partial charge in [-0.25, -0.2) is 22.5 Å². The number of hydrogen-bond acceptors (Lipinski definition) is 6. The van der Waals surface area contributed by atoms with Crippen LogP contribution >= 0.6 is 11.6 Å². The molecule has 2 fully saturated rings. The molecule has 3 aromatic rings. The predicted octanol–water partition coefficient (Wildman–Crippen LogP) is 4.24. The highest BCUT2D eigenvalue weighted by atomic mass is 35.5. The molecule has 1 unspecified atom stereocenters. The molecule has 0 radical (unpaired) electrons. The molecule has 5 rings (SSSR count). The first kappa shape index (κ1) is 30.9. The minimum absolute atomic E-state index is 0.0231. The predicted molar refractivity (Wildman–Crippen MR) is 152 cm³/mol. The van der Waals surface area contributed by atoms with E-state index in [-0.39, 0.29) is 40.7 Å². The van der Waals surface area contributed by atoms with E-state index in [9.17, 15) is 37.2 Å². The third-order valence-corrected chi connectivity index (χ3v) is 7.92. The van der Waals surface area contributed by atoms with Gasteiger partial charge in [-0.1, -0.05) is 29.8 Å². The van der Waals surface area contributed by atoms with Crippen molar-refractivity contribution in [2.45, 2.75) is 36.3 Å². The van der Waals surface area contributed by atoms with Crippen molar-refractivity contribution in [2.24, 2.45) is 0 Å². The highest BCUT2D eigenvalue weighted by Crippen LogP contribution is 2.44. The summed E-state index contributed by atoms with van der Waals surface area (Å²) in [6.07, 6.45) is -0.0285. The van der Waals surface area contributed by atoms with Gasteiger partial charge in [0.05, 0.1) is 24.1 Å². The molecule has 44 heavy (non-hydrogen) atoms. The number of benzene rings is 2. The van der Waals surface area contributed by atoms with Crippen LogP contribution in [0, 0.1) is 23.0 Å². The lowest BCUT2D eigenvalue weighted by atomic mass is 9.73. The number of pyridine rings is 1. The SMILES string of the molecule is CN1CC(=O)N(c2cc(C#N)ccn2)C(C(=O)Nc2cc(F)cc(F)c2)([C@@H](C(=O)NC2CC(F)(F)C2)c2ccccc2Cl)C1. The third-order valence-electron chi connectivity index (χ3n) is 7.57. The fraction of sp³-hybridized carbons (Fsp3) is 0.300. The molecular formula is C30H25ClF4N6O3. The van der Waals surface area contributed by atoms with Gasteiger partial charge in [0.15, 0.2) is 5.54 Å². The lowest BCUT2D eigenvalue weighted by Gasteiger charge is -2.51. The third kappa shape index (κ3) is 5.95. The number of likely N-dealkylation sites (N-methyl/N-ethyl adjacent to an activating group) is 1. The number of aromatic nitrogens is 1. The number of carbonyl (C=O) groups is 3. The maximum absolute atomic E-state index is 14.6. The molecule has 2 aromatic carbocycles. The van der Waals surface area contributed by atoms with Gasteiger partial charge in [-0.15, -0.1) is 0 Å². The van der Waals surface area contributed by atoms with Gasteiger partial charge in [0.25, 0.3) is 11.8 Å². The number of nitriles is 1. The van der Waals surface area contributed by atoms with Gasteiger partial charge in [-0.3, -0.25) is 24.2 Å². The lowest BCUT2D eigenvalue weighted by molar-refractivity contribution is -0.139. The van der Waals surface area contributed by atoms with E-state index in [0.717, 1.165) is 17.0 Å². The van der Waals surface area contributed by atoms with Gasteiger partial charge in [0.2, 0.25) is 11.8 Å². The van der Waals surface area contributed by atoms with E-state index in [1.165, 1.54) is 42.4 Å². The van der Waals surface area contributed by atoms with Crippen LogP contribution in [0.2, 0.25) is 5.02 Å². The molecule has 1 saturated carbocycles. The van der Waals surface area contributed by atoms with Crippen molar-refractivity contribution in [2.75, 3.05) is 30.4 Å². The number of amides is 3. The second-order valence-electron chi connectivity index (χ2n) is 10.9. The van der Waals surface area contributed by atoms with Gasteiger partial charge in [-0.05, 0) is 42.9 Å². The summed E-state index contributed by atoms with van der Waals surface area (Å²) in [6.45, 7) is -0.585. The minimum Gasteiger partial charge on any atom is -0.352 e. The fourth-order valence-corrected chi connectivity index (χ4v) is 6.01. The molecule has 1 aliphatic heterocycles. The van der Waals surface area contributed by atoms with Crippen molar-refractivity contribution in [3.8, 4) is 6.07 Å². The van der Waals surface area contributed by atoms with Crippen LogP contribution in [-0.4, -0.2) is 65.2 Å². The first-order chi connectivity index (χ1) is 20.8. The smallest absolute Gasteiger partial charge is 0.253 e. The highest BCUT2D eigenvalue weighted by Gasteiger charge is 2.60. The summed E-state index contributed by atoms with van der Waals surface area (Å²) in [5, 5.41) is 14.6. The number of nitrogens with zero attached hydrogens (tertiary/aromatic N) is 4. The second kappa shape index (κ2) is 11.9. The number of anilines is 2. The van der Waals surface area contributed by atoms with Crippen LogP contribution in [0.4, 0.5) is 29.1 Å². The van der Waals surface area contributed by atoms with Crippen LogP contribution in [-0.2, 0) is 14.4 Å². The van der Waals surface area contributed by atoms with Crippen molar-refractivity contribution in [3.05, 3.63) is 88.6 Å². The molecule has 0 bridgehead atoms. The molecule has 2 N–H and O–H groups in total. The molecule has 2 heterocycles. The zero-order valence-electron chi connectivity index (χ0n) is 23.2. The van der Waals surface area contributed by atoms with Gasteiger partial charge < -0.3 is 10.6 Å². The summed E-state index contributed by atoms with van der Waals surface area (Å²) in [5.74, 6) is -9.47. The van der Waals surface area contributed by atoms with Crippen molar-refractivity contribution in [1.29, 1.82) is 5.26 Å². The minimum atomic E-state index is -2.98. The Morgan fingerprint density at radius 1 is 1.11 bits per heavy atom. The van der Waals surface area contributed by atoms with E-state index in [0.29, 0.717) is 6.07 Å². The fourth-order valence-electron chi connectivity index (χ4n) is 5.77. The van der Waals surface area contributed by atoms with Crippen LogP contribution in [0.3, 0.4) is 0 Å². The quantitative estimate of drug-likeness (QED) is 0.378. The maximum atomic E-state index is 14.6. The Morgan fingerprint density at radius 3 is 2.43 bits per heavy atom. The van der Waals surface area contributed by atoms with E-state index in [2.05, 4.69) is 15.6 Å². The molecule has 9 nitrogen and oxygen atoms in total. The van der Waals surface area contributed by atoms with Gasteiger partial charge in [0.1, 0.15) is 17.5 Å². The van der Waals surface area contributed by atoms with Gasteiger partial charge >= 0.3 is 0 Å². The highest BCUT2D eigenvalue weighted by molar-refractivity contribution is 6.32. The summed E-state index contributed by atoms with van der Waals surface area (Å²) in [4.78, 5) is 49.5. The van der Waals surface area contributed by atoms with E-state index in [4.69, 9.17) is 11.6 Å². The standard InChI is InChI=1S/C30H25ClF4N6O3/c1-40-15-25(42)41(24-8-17(14-36)6-7-37-24)30(16-40,28(44)39-20-10-18(32)9-19(33)11-20)26(22-4-2-3-5-23(22)31)27(43)38-21-12-29(34,35)13-21/h2-11,21,26H,12-13,15-16H2,1H3,(H,38,43)(H,39,44)/t26-,30?/m1/s1. The molecule has 2 atom stereocenters. The molecule has 3 amide bonds. The van der Waals surface area contributed by atoms with Gasteiger partial charge in [0, 0.05) is 48.4 Å². The number of nitrogens with one attached hydrogen (secondary N) is 2. The Labute approximate surface area is 254 Å². The Bertz CT molecular complexity index is 1660. The average molecular weight is 629 g/mol. The van der Waals surface area contributed by atoms with Gasteiger partial charge in [-0.2, -0.15) is 5.26 Å². The van der Waals surface area contributed by atoms with E-state index in [1.807, 2.05) is 6.07 Å². The summed E-state index contributed by atoms with van der Waals surface area (Å²) in [6, 6.07) is 11.9. The number of halogens is 5. The van der Waals surface area contributed by atoms with Crippen molar-refractivity contribution in [1.82, 2.24) is 15.2 Å². The summed E-state index contributed by atoms with van der Waals surface area (Å²) in [5.41, 5.74) is -2.44. The lowest BCUT2D eigenvalue weighted by Crippen LogP contribution is -2.74. The van der Waals surface area contributed by atoms with Crippen LogP contribution < -0.4 is 15.5 Å². The van der Waals surface area contributed by atoms with E-state index < -0.39 is 65.6 Å². The molecule has 0 spiro atoms.